The monoisotopic (exact) mass is 303 g/mol. The van der Waals surface area contributed by atoms with Crippen LogP contribution in [0.5, 0.6) is 0 Å². The molecule has 7 heteroatoms. The lowest BCUT2D eigenvalue weighted by atomic mass is 9.85. The molecule has 1 aliphatic carbocycles. The maximum absolute atomic E-state index is 12.4. The molecule has 2 aliphatic rings. The predicted octanol–water partition coefficient (Wildman–Crippen LogP) is 0.0441. The summed E-state index contributed by atoms with van der Waals surface area (Å²) < 4.78 is 25.0. The number of nitrogens with one attached hydrogen (secondary N) is 1. The van der Waals surface area contributed by atoms with E-state index in [-0.39, 0.29) is 23.9 Å². The van der Waals surface area contributed by atoms with Gasteiger partial charge in [0, 0.05) is 31.1 Å². The molecule has 1 saturated carbocycles. The van der Waals surface area contributed by atoms with Crippen molar-refractivity contribution in [2.75, 3.05) is 19.3 Å². The number of hydrogen-bond donors (Lipinski definition) is 2. The first-order chi connectivity index (χ1) is 9.35. The highest BCUT2D eigenvalue weighted by Crippen LogP contribution is 2.26. The molecule has 1 aliphatic heterocycles. The third kappa shape index (κ3) is 4.43. The molecule has 116 valence electrons. The van der Waals surface area contributed by atoms with E-state index in [1.165, 1.54) is 6.26 Å². The maximum atomic E-state index is 12.4. The van der Waals surface area contributed by atoms with E-state index < -0.39 is 10.0 Å². The van der Waals surface area contributed by atoms with Gasteiger partial charge in [0.2, 0.25) is 15.9 Å². The minimum atomic E-state index is -3.16. The molecule has 0 aromatic carbocycles. The van der Waals surface area contributed by atoms with Gasteiger partial charge in [-0.25, -0.2) is 13.1 Å². The standard InChI is InChI=1S/C13H25N3O3S/c1-20(18,19)15-12-5-7-16(8-6-12)13(17)10-3-2-4-11(14)9-10/h10-12,15H,2-9,14H2,1H3. The Kier molecular flexibility index (Phi) is 5.04. The number of sulfonamides is 1. The van der Waals surface area contributed by atoms with Crippen LogP contribution in [0.3, 0.4) is 0 Å². The van der Waals surface area contributed by atoms with Crippen molar-refractivity contribution in [3.05, 3.63) is 0 Å². The van der Waals surface area contributed by atoms with Crippen molar-refractivity contribution in [2.24, 2.45) is 11.7 Å². The first kappa shape index (κ1) is 15.7. The van der Waals surface area contributed by atoms with Gasteiger partial charge in [0.15, 0.2) is 0 Å². The molecule has 1 heterocycles. The van der Waals surface area contributed by atoms with Crippen LogP contribution in [0.1, 0.15) is 38.5 Å². The summed E-state index contributed by atoms with van der Waals surface area (Å²) in [6.45, 7) is 1.27. The van der Waals surface area contributed by atoms with Crippen LogP contribution < -0.4 is 10.5 Å². The lowest BCUT2D eigenvalue weighted by Crippen LogP contribution is -2.48. The number of carbonyl (C=O) groups is 1. The maximum Gasteiger partial charge on any atom is 0.225 e. The van der Waals surface area contributed by atoms with Crippen LogP contribution in [0.4, 0.5) is 0 Å². The number of nitrogens with two attached hydrogens (primary N) is 1. The molecule has 2 rings (SSSR count). The Morgan fingerprint density at radius 2 is 1.85 bits per heavy atom. The molecule has 0 aromatic heterocycles. The third-order valence-corrected chi connectivity index (χ3v) is 5.01. The Morgan fingerprint density at radius 3 is 2.40 bits per heavy atom. The molecule has 1 saturated heterocycles. The highest BCUT2D eigenvalue weighted by atomic mass is 32.2. The van der Waals surface area contributed by atoms with Gasteiger partial charge in [0.05, 0.1) is 6.26 Å². The van der Waals surface area contributed by atoms with Crippen molar-refractivity contribution in [2.45, 2.75) is 50.6 Å². The van der Waals surface area contributed by atoms with Gasteiger partial charge in [-0.2, -0.15) is 0 Å². The van der Waals surface area contributed by atoms with Crippen LogP contribution >= 0.6 is 0 Å². The van der Waals surface area contributed by atoms with Gasteiger partial charge < -0.3 is 10.6 Å². The molecular weight excluding hydrogens is 278 g/mol. The second kappa shape index (κ2) is 6.41. The third-order valence-electron chi connectivity index (χ3n) is 4.25. The molecule has 2 unspecified atom stereocenters. The van der Waals surface area contributed by atoms with Crippen molar-refractivity contribution in [1.29, 1.82) is 0 Å². The van der Waals surface area contributed by atoms with Crippen molar-refractivity contribution in [3.63, 3.8) is 0 Å². The average molecular weight is 303 g/mol. The zero-order chi connectivity index (χ0) is 14.8. The fourth-order valence-corrected chi connectivity index (χ4v) is 4.07. The molecular formula is C13H25N3O3S. The quantitative estimate of drug-likeness (QED) is 0.770. The number of piperidine rings is 1. The average Bonchev–Trinajstić information content (AvgIpc) is 2.37. The zero-order valence-corrected chi connectivity index (χ0v) is 12.9. The first-order valence-corrected chi connectivity index (χ1v) is 9.26. The molecule has 0 aromatic rings. The van der Waals surface area contributed by atoms with Crippen molar-refractivity contribution >= 4 is 15.9 Å². The Labute approximate surface area is 121 Å². The van der Waals surface area contributed by atoms with Crippen LogP contribution in [0.2, 0.25) is 0 Å². The first-order valence-electron chi connectivity index (χ1n) is 7.37. The smallest absolute Gasteiger partial charge is 0.225 e. The van der Waals surface area contributed by atoms with E-state index in [0.717, 1.165) is 25.7 Å². The summed E-state index contributed by atoms with van der Waals surface area (Å²) in [5.41, 5.74) is 5.94. The van der Waals surface area contributed by atoms with Crippen molar-refractivity contribution in [1.82, 2.24) is 9.62 Å². The van der Waals surface area contributed by atoms with E-state index in [9.17, 15) is 13.2 Å². The molecule has 1 amide bonds. The highest BCUT2D eigenvalue weighted by molar-refractivity contribution is 7.88. The molecule has 3 N–H and O–H groups in total. The summed E-state index contributed by atoms with van der Waals surface area (Å²) in [7, 11) is -3.16. The Bertz CT molecular complexity index is 444. The topological polar surface area (TPSA) is 92.5 Å². The van der Waals surface area contributed by atoms with Gasteiger partial charge in [-0.3, -0.25) is 4.79 Å². The summed E-state index contributed by atoms with van der Waals surface area (Å²) in [4.78, 5) is 14.3. The van der Waals surface area contributed by atoms with Crippen LogP contribution in [-0.4, -0.2) is 50.7 Å². The summed E-state index contributed by atoms with van der Waals surface area (Å²) in [6.07, 6.45) is 6.34. The second-order valence-corrected chi connectivity index (χ2v) is 7.89. The number of nitrogens with zero attached hydrogens (tertiary/aromatic N) is 1. The lowest BCUT2D eigenvalue weighted by Gasteiger charge is -2.36. The fraction of sp³-hybridized carbons (Fsp3) is 0.923. The van der Waals surface area contributed by atoms with E-state index >= 15 is 0 Å². The molecule has 0 bridgehead atoms. The van der Waals surface area contributed by atoms with Crippen molar-refractivity contribution in [3.8, 4) is 0 Å². The fourth-order valence-electron chi connectivity index (χ4n) is 3.23. The Hall–Kier alpha value is -0.660. The van der Waals surface area contributed by atoms with Crippen molar-refractivity contribution < 1.29 is 13.2 Å². The van der Waals surface area contributed by atoms with E-state index in [4.69, 9.17) is 5.73 Å². The Morgan fingerprint density at radius 1 is 1.20 bits per heavy atom. The zero-order valence-electron chi connectivity index (χ0n) is 12.0. The normalized spacial score (nSPS) is 29.4. The van der Waals surface area contributed by atoms with Gasteiger partial charge in [0.1, 0.15) is 0 Å². The predicted molar refractivity (Wildman–Crippen MR) is 77.5 cm³/mol. The molecule has 6 nitrogen and oxygen atoms in total. The molecule has 0 radical (unpaired) electrons. The van der Waals surface area contributed by atoms with Gasteiger partial charge in [-0.1, -0.05) is 6.42 Å². The largest absolute Gasteiger partial charge is 0.342 e. The van der Waals surface area contributed by atoms with E-state index in [1.54, 1.807) is 0 Å². The van der Waals surface area contributed by atoms with Crippen LogP contribution in [0.25, 0.3) is 0 Å². The molecule has 0 spiro atoms. The van der Waals surface area contributed by atoms with Gasteiger partial charge in [-0.05, 0) is 32.1 Å². The molecule has 20 heavy (non-hydrogen) atoms. The lowest BCUT2D eigenvalue weighted by molar-refractivity contribution is -0.137. The number of carbonyl (C=O) groups excluding carboxylic acids is 1. The number of hydrogen-bond acceptors (Lipinski definition) is 4. The summed E-state index contributed by atoms with van der Waals surface area (Å²) >= 11 is 0. The summed E-state index contributed by atoms with van der Waals surface area (Å²) in [6, 6.07) is 0.116. The number of rotatable bonds is 3. The number of likely N-dealkylation sites (tertiary alicyclic amines) is 1. The highest BCUT2D eigenvalue weighted by Gasteiger charge is 2.31. The van der Waals surface area contributed by atoms with Crippen LogP contribution in [0.15, 0.2) is 0 Å². The van der Waals surface area contributed by atoms with Crippen LogP contribution in [-0.2, 0) is 14.8 Å². The minimum Gasteiger partial charge on any atom is -0.342 e. The summed E-state index contributed by atoms with van der Waals surface area (Å²) in [5, 5.41) is 0. The second-order valence-electron chi connectivity index (χ2n) is 6.11. The van der Waals surface area contributed by atoms with E-state index in [2.05, 4.69) is 4.72 Å². The molecule has 2 atom stereocenters. The minimum absolute atomic E-state index is 0.0392. The molecule has 2 fully saturated rings. The summed E-state index contributed by atoms with van der Waals surface area (Å²) in [5.74, 6) is 0.274. The van der Waals surface area contributed by atoms with E-state index in [1.807, 2.05) is 4.90 Å². The SMILES string of the molecule is CS(=O)(=O)NC1CCN(C(=O)C2CCCC(N)C2)CC1. The van der Waals surface area contributed by atoms with Gasteiger partial charge in [0.25, 0.3) is 0 Å². The Balaban J connectivity index is 1.82. The van der Waals surface area contributed by atoms with E-state index in [0.29, 0.717) is 25.9 Å². The van der Waals surface area contributed by atoms with Gasteiger partial charge >= 0.3 is 0 Å². The number of amides is 1. The van der Waals surface area contributed by atoms with Gasteiger partial charge in [-0.15, -0.1) is 0 Å². The van der Waals surface area contributed by atoms with Crippen LogP contribution in [0, 0.1) is 5.92 Å².